The first-order valence-electron chi connectivity index (χ1n) is 5.16. The lowest BCUT2D eigenvalue weighted by Crippen LogP contribution is -2.08. The lowest BCUT2D eigenvalue weighted by atomic mass is 10.2. The predicted molar refractivity (Wildman–Crippen MR) is 53.8 cm³/mol. The van der Waals surface area contributed by atoms with Crippen LogP contribution >= 0.6 is 0 Å². The van der Waals surface area contributed by atoms with Gasteiger partial charge in [-0.2, -0.15) is 0 Å². The zero-order valence-electron chi connectivity index (χ0n) is 9.01. The molecule has 0 aromatic carbocycles. The summed E-state index contributed by atoms with van der Waals surface area (Å²) in [5, 5.41) is 7.90. The first-order chi connectivity index (χ1) is 7.27. The number of ether oxygens (including phenoxy) is 1. The molecule has 15 heavy (non-hydrogen) atoms. The van der Waals surface area contributed by atoms with E-state index in [2.05, 4.69) is 17.2 Å². The summed E-state index contributed by atoms with van der Waals surface area (Å²) in [6, 6.07) is 0.429. The molecule has 1 aromatic heterocycles. The molecule has 2 rings (SSSR count). The molecule has 1 aliphatic rings. The first kappa shape index (κ1) is 10.3. The second-order valence-corrected chi connectivity index (χ2v) is 4.01. The molecule has 5 heteroatoms. The van der Waals surface area contributed by atoms with Gasteiger partial charge in [0.25, 0.3) is 0 Å². The van der Waals surface area contributed by atoms with Crippen LogP contribution in [-0.4, -0.2) is 35.0 Å². The normalized spacial score (nSPS) is 24.1. The summed E-state index contributed by atoms with van der Waals surface area (Å²) in [5.41, 5.74) is 1.35. The zero-order valence-corrected chi connectivity index (χ0v) is 9.01. The van der Waals surface area contributed by atoms with Crippen LogP contribution in [0.5, 0.6) is 0 Å². The summed E-state index contributed by atoms with van der Waals surface area (Å²) in [4.78, 5) is 10.8. The maximum Gasteiger partial charge on any atom is 0.172 e. The molecule has 1 fully saturated rings. The number of methoxy groups -OCH3 is 1. The average molecular weight is 209 g/mol. The number of nitrogens with zero attached hydrogens (tertiary/aromatic N) is 3. The van der Waals surface area contributed by atoms with Crippen molar-refractivity contribution in [1.29, 1.82) is 0 Å². The summed E-state index contributed by atoms with van der Waals surface area (Å²) in [6.45, 7) is 2.77. The predicted octanol–water partition coefficient (Wildman–Crippen LogP) is 0.860. The van der Waals surface area contributed by atoms with Crippen molar-refractivity contribution in [3.8, 4) is 0 Å². The van der Waals surface area contributed by atoms with Crippen LogP contribution in [0.15, 0.2) is 0 Å². The maximum absolute atomic E-state index is 10.8. The van der Waals surface area contributed by atoms with Crippen LogP contribution < -0.4 is 0 Å². The molecule has 0 amide bonds. The minimum atomic E-state index is 0.429. The molecule has 0 saturated heterocycles. The van der Waals surface area contributed by atoms with E-state index in [0.717, 1.165) is 18.4 Å². The highest BCUT2D eigenvalue weighted by molar-refractivity contribution is 5.73. The van der Waals surface area contributed by atoms with Crippen LogP contribution in [0.2, 0.25) is 0 Å². The molecule has 82 valence electrons. The largest absolute Gasteiger partial charge is 0.384 e. The Morgan fingerprint density at radius 3 is 2.93 bits per heavy atom. The van der Waals surface area contributed by atoms with Gasteiger partial charge in [-0.3, -0.25) is 4.79 Å². The number of hydrogen-bond donors (Lipinski definition) is 0. The fourth-order valence-corrected chi connectivity index (χ4v) is 1.77. The Bertz CT molecular complexity index is 362. The number of rotatable bonds is 5. The molecule has 1 saturated carbocycles. The molecule has 0 aliphatic heterocycles. The van der Waals surface area contributed by atoms with E-state index in [4.69, 9.17) is 4.74 Å². The quantitative estimate of drug-likeness (QED) is 0.675. The third-order valence-corrected chi connectivity index (χ3v) is 2.86. The minimum absolute atomic E-state index is 0.429. The number of aldehydes is 1. The van der Waals surface area contributed by atoms with Gasteiger partial charge in [0, 0.05) is 13.5 Å². The van der Waals surface area contributed by atoms with Crippen molar-refractivity contribution in [2.75, 3.05) is 13.7 Å². The van der Waals surface area contributed by atoms with E-state index in [1.807, 2.05) is 4.68 Å². The highest BCUT2D eigenvalue weighted by atomic mass is 16.5. The summed E-state index contributed by atoms with van der Waals surface area (Å²) in [7, 11) is 1.65. The van der Waals surface area contributed by atoms with Crippen LogP contribution in [0, 0.1) is 5.92 Å². The van der Waals surface area contributed by atoms with Crippen LogP contribution in [0.3, 0.4) is 0 Å². The van der Waals surface area contributed by atoms with Crippen molar-refractivity contribution in [2.24, 2.45) is 5.92 Å². The number of carbonyl (C=O) groups is 1. The van der Waals surface area contributed by atoms with Gasteiger partial charge >= 0.3 is 0 Å². The SMILES string of the molecule is COCCc1c(C=O)nnn1C1CC1C. The van der Waals surface area contributed by atoms with Gasteiger partial charge in [0.05, 0.1) is 18.3 Å². The van der Waals surface area contributed by atoms with Gasteiger partial charge < -0.3 is 4.74 Å². The van der Waals surface area contributed by atoms with Gasteiger partial charge in [-0.05, 0) is 12.3 Å². The Balaban J connectivity index is 2.21. The fraction of sp³-hybridized carbons (Fsp3) is 0.700. The average Bonchev–Trinajstić information content (AvgIpc) is 2.81. The molecular weight excluding hydrogens is 194 g/mol. The monoisotopic (exact) mass is 209 g/mol. The van der Waals surface area contributed by atoms with E-state index < -0.39 is 0 Å². The highest BCUT2D eigenvalue weighted by Gasteiger charge is 2.37. The van der Waals surface area contributed by atoms with Gasteiger partial charge in [0.1, 0.15) is 5.69 Å². The fourth-order valence-electron chi connectivity index (χ4n) is 1.77. The van der Waals surface area contributed by atoms with Crippen molar-refractivity contribution < 1.29 is 9.53 Å². The van der Waals surface area contributed by atoms with Crippen LogP contribution in [-0.2, 0) is 11.2 Å². The van der Waals surface area contributed by atoms with E-state index in [1.165, 1.54) is 0 Å². The van der Waals surface area contributed by atoms with Crippen molar-refractivity contribution in [1.82, 2.24) is 15.0 Å². The third-order valence-electron chi connectivity index (χ3n) is 2.86. The van der Waals surface area contributed by atoms with E-state index in [1.54, 1.807) is 7.11 Å². The summed E-state index contributed by atoms with van der Waals surface area (Å²) in [6.07, 6.45) is 2.59. The van der Waals surface area contributed by atoms with Gasteiger partial charge in [0.2, 0.25) is 0 Å². The number of hydrogen-bond acceptors (Lipinski definition) is 4. The van der Waals surface area contributed by atoms with Gasteiger partial charge in [-0.15, -0.1) is 5.10 Å². The third kappa shape index (κ3) is 1.92. The highest BCUT2D eigenvalue weighted by Crippen LogP contribution is 2.42. The molecule has 2 atom stereocenters. The molecule has 5 nitrogen and oxygen atoms in total. The van der Waals surface area contributed by atoms with Gasteiger partial charge in [0.15, 0.2) is 6.29 Å². The molecule has 0 radical (unpaired) electrons. The van der Waals surface area contributed by atoms with Crippen molar-refractivity contribution >= 4 is 6.29 Å². The number of aromatic nitrogens is 3. The Kier molecular flexibility index (Phi) is 2.81. The van der Waals surface area contributed by atoms with Gasteiger partial charge in [-0.25, -0.2) is 4.68 Å². The second-order valence-electron chi connectivity index (χ2n) is 4.01. The Morgan fingerprint density at radius 1 is 1.67 bits per heavy atom. The molecular formula is C10H15N3O2. The Hall–Kier alpha value is -1.23. The standard InChI is InChI=1S/C10H15N3O2/c1-7-5-10(7)13-9(3-4-15-2)8(6-14)11-12-13/h6-7,10H,3-5H2,1-2H3. The molecule has 1 aromatic rings. The Labute approximate surface area is 88.4 Å². The van der Waals surface area contributed by atoms with Crippen LogP contribution in [0.1, 0.15) is 35.6 Å². The van der Waals surface area contributed by atoms with Crippen molar-refractivity contribution in [3.63, 3.8) is 0 Å². The van der Waals surface area contributed by atoms with Crippen LogP contribution in [0.25, 0.3) is 0 Å². The maximum atomic E-state index is 10.8. The molecule has 0 N–H and O–H groups in total. The van der Waals surface area contributed by atoms with Crippen LogP contribution in [0.4, 0.5) is 0 Å². The Morgan fingerprint density at radius 2 is 2.40 bits per heavy atom. The summed E-state index contributed by atoms with van der Waals surface area (Å²) < 4.78 is 6.89. The zero-order chi connectivity index (χ0) is 10.8. The first-order valence-corrected chi connectivity index (χ1v) is 5.16. The smallest absolute Gasteiger partial charge is 0.172 e. The van der Waals surface area contributed by atoms with E-state index in [-0.39, 0.29) is 0 Å². The lowest BCUT2D eigenvalue weighted by Gasteiger charge is -2.04. The second kappa shape index (κ2) is 4.10. The molecule has 2 unspecified atom stereocenters. The molecule has 0 spiro atoms. The molecule has 1 heterocycles. The number of carbonyl (C=O) groups excluding carboxylic acids is 1. The van der Waals surface area contributed by atoms with E-state index in [9.17, 15) is 4.79 Å². The molecule has 1 aliphatic carbocycles. The summed E-state index contributed by atoms with van der Waals surface area (Å²) in [5.74, 6) is 0.646. The van der Waals surface area contributed by atoms with Gasteiger partial charge in [-0.1, -0.05) is 12.1 Å². The van der Waals surface area contributed by atoms with Crippen molar-refractivity contribution in [3.05, 3.63) is 11.4 Å². The van der Waals surface area contributed by atoms with E-state index in [0.29, 0.717) is 30.7 Å². The lowest BCUT2D eigenvalue weighted by molar-refractivity contribution is 0.111. The minimum Gasteiger partial charge on any atom is -0.384 e. The van der Waals surface area contributed by atoms with E-state index >= 15 is 0 Å². The topological polar surface area (TPSA) is 57.0 Å². The van der Waals surface area contributed by atoms with Crippen molar-refractivity contribution in [2.45, 2.75) is 25.8 Å². The summed E-state index contributed by atoms with van der Waals surface area (Å²) >= 11 is 0. The molecule has 0 bridgehead atoms.